The van der Waals surface area contributed by atoms with Crippen molar-refractivity contribution in [3.8, 4) is 0 Å². The third-order valence-corrected chi connectivity index (χ3v) is 2.90. The maximum absolute atomic E-state index is 11.5. The average Bonchev–Trinajstić information content (AvgIpc) is 2.27. The van der Waals surface area contributed by atoms with E-state index in [1.807, 2.05) is 0 Å². The second-order valence-corrected chi connectivity index (χ2v) is 4.18. The number of H-pyrrole nitrogens is 1. The molecule has 1 heterocycles. The van der Waals surface area contributed by atoms with Crippen molar-refractivity contribution in [1.29, 1.82) is 0 Å². The molecule has 1 rings (SSSR count). The Hall–Kier alpha value is -1.32. The van der Waals surface area contributed by atoms with Crippen LogP contribution in [0.1, 0.15) is 39.5 Å². The van der Waals surface area contributed by atoms with Crippen LogP contribution >= 0.6 is 0 Å². The summed E-state index contributed by atoms with van der Waals surface area (Å²) in [5, 5.41) is 0. The van der Waals surface area contributed by atoms with Gasteiger partial charge in [-0.2, -0.15) is 0 Å². The minimum atomic E-state index is -0.331. The Morgan fingerprint density at radius 3 is 2.69 bits per heavy atom. The van der Waals surface area contributed by atoms with Crippen LogP contribution in [-0.2, 0) is 6.54 Å². The maximum atomic E-state index is 11.5. The van der Waals surface area contributed by atoms with Crippen molar-refractivity contribution in [2.45, 2.75) is 46.1 Å². The molecule has 1 N–H and O–H groups in total. The van der Waals surface area contributed by atoms with Gasteiger partial charge in [0.2, 0.25) is 0 Å². The molecule has 0 spiro atoms. The van der Waals surface area contributed by atoms with E-state index in [1.165, 1.54) is 18.9 Å². The largest absolute Gasteiger partial charge is 0.328 e. The van der Waals surface area contributed by atoms with Crippen LogP contribution in [0.4, 0.5) is 0 Å². The quantitative estimate of drug-likeness (QED) is 0.800. The van der Waals surface area contributed by atoms with Crippen molar-refractivity contribution in [2.75, 3.05) is 0 Å². The molecule has 0 fully saturated rings. The molecule has 0 aliphatic rings. The predicted octanol–water partition coefficient (Wildman–Crippen LogP) is 1.75. The summed E-state index contributed by atoms with van der Waals surface area (Å²) in [5.74, 6) is 0.517. The zero-order valence-corrected chi connectivity index (χ0v) is 10.0. The standard InChI is InChI=1S/C12H20N2O2/c1-3-5-6-10(4-2)9-14-8-7-11(15)13-12(14)16/h7-8,10H,3-6,9H2,1-2H3,(H,13,15,16). The van der Waals surface area contributed by atoms with Crippen molar-refractivity contribution in [3.05, 3.63) is 33.1 Å². The van der Waals surface area contributed by atoms with E-state index in [1.54, 1.807) is 10.8 Å². The van der Waals surface area contributed by atoms with Crippen LogP contribution in [0.15, 0.2) is 21.9 Å². The Labute approximate surface area is 95.3 Å². The molecule has 4 heteroatoms. The van der Waals surface area contributed by atoms with Crippen molar-refractivity contribution in [1.82, 2.24) is 9.55 Å². The van der Waals surface area contributed by atoms with E-state index in [2.05, 4.69) is 18.8 Å². The Kier molecular flexibility index (Phi) is 5.02. The van der Waals surface area contributed by atoms with Gasteiger partial charge in [-0.3, -0.25) is 9.78 Å². The van der Waals surface area contributed by atoms with Crippen LogP contribution < -0.4 is 11.2 Å². The fraction of sp³-hybridized carbons (Fsp3) is 0.667. The molecular formula is C12H20N2O2. The van der Waals surface area contributed by atoms with Gasteiger partial charge in [0.15, 0.2) is 0 Å². The van der Waals surface area contributed by atoms with E-state index < -0.39 is 0 Å². The predicted molar refractivity (Wildman–Crippen MR) is 64.6 cm³/mol. The van der Waals surface area contributed by atoms with Gasteiger partial charge in [0.05, 0.1) is 0 Å². The van der Waals surface area contributed by atoms with E-state index in [4.69, 9.17) is 0 Å². The summed E-state index contributed by atoms with van der Waals surface area (Å²) in [4.78, 5) is 24.6. The molecule has 1 aromatic rings. The van der Waals surface area contributed by atoms with E-state index >= 15 is 0 Å². The molecule has 1 atom stereocenters. The Bertz CT molecular complexity index is 420. The number of hydrogen-bond acceptors (Lipinski definition) is 2. The van der Waals surface area contributed by atoms with Gasteiger partial charge in [0.25, 0.3) is 5.56 Å². The molecular weight excluding hydrogens is 204 g/mol. The summed E-state index contributed by atoms with van der Waals surface area (Å²) in [5.41, 5.74) is -0.634. The summed E-state index contributed by atoms with van der Waals surface area (Å²) in [6, 6.07) is 1.40. The van der Waals surface area contributed by atoms with Gasteiger partial charge in [-0.05, 0) is 12.3 Å². The first-order chi connectivity index (χ1) is 7.67. The summed E-state index contributed by atoms with van der Waals surface area (Å²) in [6.45, 7) is 5.00. The number of aromatic amines is 1. The van der Waals surface area contributed by atoms with E-state index in [-0.39, 0.29) is 11.2 Å². The van der Waals surface area contributed by atoms with Gasteiger partial charge in [-0.15, -0.1) is 0 Å². The minimum absolute atomic E-state index is 0.303. The molecule has 16 heavy (non-hydrogen) atoms. The van der Waals surface area contributed by atoms with Gasteiger partial charge >= 0.3 is 5.69 Å². The van der Waals surface area contributed by atoms with Gasteiger partial charge in [-0.25, -0.2) is 4.79 Å². The molecule has 0 amide bonds. The number of rotatable bonds is 6. The second-order valence-electron chi connectivity index (χ2n) is 4.18. The topological polar surface area (TPSA) is 54.9 Å². The van der Waals surface area contributed by atoms with Crippen molar-refractivity contribution in [2.24, 2.45) is 5.92 Å². The molecule has 0 radical (unpaired) electrons. The fourth-order valence-electron chi connectivity index (χ4n) is 1.78. The second kappa shape index (κ2) is 6.30. The minimum Gasteiger partial charge on any atom is -0.300 e. The number of nitrogens with one attached hydrogen (secondary N) is 1. The summed E-state index contributed by atoms with van der Waals surface area (Å²) in [6.07, 6.45) is 6.15. The Morgan fingerprint density at radius 1 is 1.38 bits per heavy atom. The molecule has 0 saturated carbocycles. The van der Waals surface area contributed by atoms with Crippen molar-refractivity contribution < 1.29 is 0 Å². The molecule has 90 valence electrons. The van der Waals surface area contributed by atoms with Crippen LogP contribution in [0.25, 0.3) is 0 Å². The first-order valence-electron chi connectivity index (χ1n) is 5.97. The van der Waals surface area contributed by atoms with Gasteiger partial charge < -0.3 is 4.57 Å². The third kappa shape index (κ3) is 3.68. The van der Waals surface area contributed by atoms with E-state index in [9.17, 15) is 9.59 Å². The molecule has 0 aromatic carbocycles. The third-order valence-electron chi connectivity index (χ3n) is 2.90. The number of nitrogens with zero attached hydrogens (tertiary/aromatic N) is 1. The normalized spacial score (nSPS) is 12.6. The van der Waals surface area contributed by atoms with E-state index in [0.29, 0.717) is 12.5 Å². The summed E-state index contributed by atoms with van der Waals surface area (Å²) < 4.78 is 1.59. The van der Waals surface area contributed by atoms with Gasteiger partial charge in [0, 0.05) is 18.8 Å². The van der Waals surface area contributed by atoms with Crippen molar-refractivity contribution in [3.63, 3.8) is 0 Å². The van der Waals surface area contributed by atoms with Crippen LogP contribution in [0.2, 0.25) is 0 Å². The molecule has 1 unspecified atom stereocenters. The van der Waals surface area contributed by atoms with Crippen LogP contribution in [0.3, 0.4) is 0 Å². The smallest absolute Gasteiger partial charge is 0.300 e. The lowest BCUT2D eigenvalue weighted by atomic mass is 9.99. The lowest BCUT2D eigenvalue weighted by Gasteiger charge is -2.15. The molecule has 0 bridgehead atoms. The average molecular weight is 224 g/mol. The highest BCUT2D eigenvalue weighted by atomic mass is 16.2. The Balaban J connectivity index is 2.70. The Morgan fingerprint density at radius 2 is 2.12 bits per heavy atom. The molecule has 0 saturated heterocycles. The molecule has 0 aliphatic heterocycles. The fourth-order valence-corrected chi connectivity index (χ4v) is 1.78. The molecule has 0 aliphatic carbocycles. The highest BCUT2D eigenvalue weighted by Crippen LogP contribution is 2.13. The zero-order valence-electron chi connectivity index (χ0n) is 10.0. The van der Waals surface area contributed by atoms with Crippen LogP contribution in [-0.4, -0.2) is 9.55 Å². The maximum Gasteiger partial charge on any atom is 0.328 e. The van der Waals surface area contributed by atoms with Gasteiger partial charge in [0.1, 0.15) is 0 Å². The van der Waals surface area contributed by atoms with Crippen molar-refractivity contribution >= 4 is 0 Å². The lowest BCUT2D eigenvalue weighted by molar-refractivity contribution is 0.382. The first-order valence-corrected chi connectivity index (χ1v) is 5.97. The molecule has 4 nitrogen and oxygen atoms in total. The monoisotopic (exact) mass is 224 g/mol. The molecule has 1 aromatic heterocycles. The first kappa shape index (κ1) is 12.7. The SMILES string of the molecule is CCCCC(CC)Cn1ccc(=O)[nH]c1=O. The number of hydrogen-bond donors (Lipinski definition) is 1. The number of aromatic nitrogens is 2. The van der Waals surface area contributed by atoms with E-state index in [0.717, 1.165) is 12.8 Å². The number of unbranched alkanes of at least 4 members (excludes halogenated alkanes) is 1. The van der Waals surface area contributed by atoms with Crippen LogP contribution in [0, 0.1) is 5.92 Å². The lowest BCUT2D eigenvalue weighted by Crippen LogP contribution is -2.30. The zero-order chi connectivity index (χ0) is 12.0. The van der Waals surface area contributed by atoms with Crippen LogP contribution in [0.5, 0.6) is 0 Å². The highest BCUT2D eigenvalue weighted by molar-refractivity contribution is 4.83. The summed E-state index contributed by atoms with van der Waals surface area (Å²) >= 11 is 0. The summed E-state index contributed by atoms with van der Waals surface area (Å²) in [7, 11) is 0. The van der Waals surface area contributed by atoms with Gasteiger partial charge in [-0.1, -0.05) is 33.1 Å². The highest BCUT2D eigenvalue weighted by Gasteiger charge is 2.07.